The van der Waals surface area contributed by atoms with Gasteiger partial charge in [-0.3, -0.25) is 4.79 Å². The molecule has 0 saturated carbocycles. The Kier molecular flexibility index (Phi) is 5.20. The first kappa shape index (κ1) is 17.9. The van der Waals surface area contributed by atoms with Crippen LogP contribution in [0.25, 0.3) is 0 Å². The number of allylic oxidation sites excluding steroid dienone is 2. The minimum Gasteiger partial charge on any atom is -0.424 e. The molecular weight excluding hydrogens is 347 g/mol. The van der Waals surface area contributed by atoms with Crippen molar-refractivity contribution in [3.63, 3.8) is 0 Å². The molecule has 0 spiro atoms. The number of carbonyl (C=O) groups excluding carboxylic acids is 1. The zero-order valence-corrected chi connectivity index (χ0v) is 13.7. The van der Waals surface area contributed by atoms with Gasteiger partial charge in [-0.15, -0.1) is 13.2 Å². The Labute approximate surface area is 148 Å². The Bertz CT molecular complexity index is 807. The zero-order chi connectivity index (χ0) is 18.6. The third kappa shape index (κ3) is 4.19. The first-order valence-electron chi connectivity index (χ1n) is 8.11. The van der Waals surface area contributed by atoms with Crippen LogP contribution in [0.3, 0.4) is 0 Å². The standard InChI is InChI=1S/C18H16F3N3O2/c19-18(20,21)24(13-7-3-1-4-8-13)16(25)15-11-12-22-17(23-15)26-14-9-5-2-6-10-14/h2,5-7,9-12H,1,3-4,8H2. The lowest BCUT2D eigenvalue weighted by Crippen LogP contribution is -2.42. The number of aromatic nitrogens is 2. The van der Waals surface area contributed by atoms with Crippen LogP contribution in [-0.2, 0) is 0 Å². The summed E-state index contributed by atoms with van der Waals surface area (Å²) < 4.78 is 45.8. The van der Waals surface area contributed by atoms with E-state index in [0.29, 0.717) is 18.6 Å². The van der Waals surface area contributed by atoms with Crippen LogP contribution in [-0.4, -0.2) is 27.1 Å². The molecule has 1 aromatic carbocycles. The van der Waals surface area contributed by atoms with Gasteiger partial charge in [-0.05, 0) is 43.9 Å². The monoisotopic (exact) mass is 363 g/mol. The smallest absolute Gasteiger partial charge is 0.424 e. The van der Waals surface area contributed by atoms with E-state index in [9.17, 15) is 18.0 Å². The highest BCUT2D eigenvalue weighted by Gasteiger charge is 2.44. The third-order valence-electron chi connectivity index (χ3n) is 3.82. The molecule has 0 atom stereocenters. The van der Waals surface area contributed by atoms with Crippen LogP contribution in [0.2, 0.25) is 0 Å². The fourth-order valence-electron chi connectivity index (χ4n) is 2.65. The van der Waals surface area contributed by atoms with Crippen molar-refractivity contribution in [2.24, 2.45) is 0 Å². The van der Waals surface area contributed by atoms with Gasteiger partial charge in [0.2, 0.25) is 0 Å². The average Bonchev–Trinajstić information content (AvgIpc) is 2.63. The summed E-state index contributed by atoms with van der Waals surface area (Å²) in [4.78, 5) is 20.1. The highest BCUT2D eigenvalue weighted by Crippen LogP contribution is 2.32. The molecule has 0 radical (unpaired) electrons. The van der Waals surface area contributed by atoms with Gasteiger partial charge >= 0.3 is 12.3 Å². The highest BCUT2D eigenvalue weighted by molar-refractivity contribution is 5.93. The highest BCUT2D eigenvalue weighted by atomic mass is 19.4. The number of benzene rings is 1. The maximum atomic E-state index is 13.5. The van der Waals surface area contributed by atoms with Gasteiger partial charge in [0, 0.05) is 11.9 Å². The Morgan fingerprint density at radius 3 is 2.54 bits per heavy atom. The molecule has 0 bridgehead atoms. The fraction of sp³-hybridized carbons (Fsp3) is 0.278. The molecule has 0 unspecified atom stereocenters. The summed E-state index contributed by atoms with van der Waals surface area (Å²) in [6.45, 7) is 0. The summed E-state index contributed by atoms with van der Waals surface area (Å²) >= 11 is 0. The predicted octanol–water partition coefficient (Wildman–Crippen LogP) is 4.69. The number of halogens is 3. The third-order valence-corrected chi connectivity index (χ3v) is 3.82. The van der Waals surface area contributed by atoms with Gasteiger partial charge in [-0.1, -0.05) is 24.3 Å². The van der Waals surface area contributed by atoms with Gasteiger partial charge < -0.3 is 4.74 Å². The molecule has 136 valence electrons. The summed E-state index contributed by atoms with van der Waals surface area (Å²) in [7, 11) is 0. The molecule has 0 saturated heterocycles. The van der Waals surface area contributed by atoms with Gasteiger partial charge in [0.1, 0.15) is 11.4 Å². The first-order chi connectivity index (χ1) is 12.4. The molecule has 1 heterocycles. The summed E-state index contributed by atoms with van der Waals surface area (Å²) in [6, 6.07) is 9.48. The number of carbonyl (C=O) groups is 1. The van der Waals surface area contributed by atoms with E-state index in [1.165, 1.54) is 12.3 Å². The maximum Gasteiger partial charge on any atom is 0.491 e. The molecule has 8 heteroatoms. The Hall–Kier alpha value is -2.90. The van der Waals surface area contributed by atoms with Gasteiger partial charge in [-0.25, -0.2) is 9.88 Å². The van der Waals surface area contributed by atoms with Crippen LogP contribution in [0.5, 0.6) is 11.8 Å². The zero-order valence-electron chi connectivity index (χ0n) is 13.7. The van der Waals surface area contributed by atoms with Gasteiger partial charge in [-0.2, -0.15) is 4.98 Å². The lowest BCUT2D eigenvalue weighted by atomic mass is 10.0. The molecule has 1 aromatic heterocycles. The van der Waals surface area contributed by atoms with Crippen molar-refractivity contribution in [1.29, 1.82) is 0 Å². The fourth-order valence-corrected chi connectivity index (χ4v) is 2.65. The van der Waals surface area contributed by atoms with Crippen molar-refractivity contribution >= 4 is 5.91 Å². The van der Waals surface area contributed by atoms with E-state index < -0.39 is 12.2 Å². The number of nitrogens with zero attached hydrogens (tertiary/aromatic N) is 3. The van der Waals surface area contributed by atoms with E-state index in [0.717, 1.165) is 12.5 Å². The molecule has 5 nitrogen and oxygen atoms in total. The van der Waals surface area contributed by atoms with Crippen molar-refractivity contribution in [2.75, 3.05) is 0 Å². The molecule has 26 heavy (non-hydrogen) atoms. The van der Waals surface area contributed by atoms with E-state index in [2.05, 4.69) is 9.97 Å². The summed E-state index contributed by atoms with van der Waals surface area (Å²) in [5, 5.41) is 0. The molecule has 1 aliphatic rings. The van der Waals surface area contributed by atoms with E-state index in [4.69, 9.17) is 4.74 Å². The van der Waals surface area contributed by atoms with Crippen LogP contribution < -0.4 is 4.74 Å². The molecule has 1 aliphatic carbocycles. The van der Waals surface area contributed by atoms with Crippen molar-refractivity contribution in [3.8, 4) is 11.8 Å². The number of hydrogen-bond donors (Lipinski definition) is 0. The lowest BCUT2D eigenvalue weighted by molar-refractivity contribution is -0.214. The minimum absolute atomic E-state index is 0.0436. The molecule has 3 rings (SSSR count). The number of hydrogen-bond acceptors (Lipinski definition) is 4. The van der Waals surface area contributed by atoms with E-state index >= 15 is 0 Å². The predicted molar refractivity (Wildman–Crippen MR) is 87.3 cm³/mol. The van der Waals surface area contributed by atoms with Crippen LogP contribution in [0.15, 0.2) is 54.4 Å². The number of ether oxygens (including phenoxy) is 1. The van der Waals surface area contributed by atoms with Crippen LogP contribution in [0, 0.1) is 0 Å². The normalized spacial score (nSPS) is 14.5. The molecule has 0 fully saturated rings. The Morgan fingerprint density at radius 2 is 1.88 bits per heavy atom. The Balaban J connectivity index is 1.87. The van der Waals surface area contributed by atoms with Gasteiger partial charge in [0.15, 0.2) is 0 Å². The van der Waals surface area contributed by atoms with Crippen molar-refractivity contribution in [2.45, 2.75) is 32.0 Å². The maximum absolute atomic E-state index is 13.5. The van der Waals surface area contributed by atoms with Gasteiger partial charge in [0.05, 0.1) is 0 Å². The van der Waals surface area contributed by atoms with Crippen molar-refractivity contribution in [1.82, 2.24) is 14.9 Å². The quantitative estimate of drug-likeness (QED) is 0.740. The average molecular weight is 363 g/mol. The number of para-hydroxylation sites is 1. The molecule has 0 aliphatic heterocycles. The van der Waals surface area contributed by atoms with Crippen LogP contribution in [0.4, 0.5) is 13.2 Å². The molecule has 2 aromatic rings. The van der Waals surface area contributed by atoms with Crippen LogP contribution in [0.1, 0.15) is 36.2 Å². The number of amides is 1. The number of rotatable bonds is 4. The lowest BCUT2D eigenvalue weighted by Gasteiger charge is -2.29. The summed E-state index contributed by atoms with van der Waals surface area (Å²) in [6.07, 6.45) is -0.0414. The molecular formula is C18H16F3N3O2. The largest absolute Gasteiger partial charge is 0.491 e. The summed E-state index contributed by atoms with van der Waals surface area (Å²) in [5.41, 5.74) is -0.424. The summed E-state index contributed by atoms with van der Waals surface area (Å²) in [5.74, 6) is -0.828. The second kappa shape index (κ2) is 7.55. The first-order valence-corrected chi connectivity index (χ1v) is 8.11. The second-order valence-electron chi connectivity index (χ2n) is 5.69. The number of alkyl halides is 3. The van der Waals surface area contributed by atoms with Crippen molar-refractivity contribution < 1.29 is 22.7 Å². The molecule has 1 amide bonds. The van der Waals surface area contributed by atoms with E-state index in [-0.39, 0.29) is 28.7 Å². The van der Waals surface area contributed by atoms with Crippen molar-refractivity contribution in [3.05, 3.63) is 60.1 Å². The van der Waals surface area contributed by atoms with E-state index in [1.54, 1.807) is 30.3 Å². The van der Waals surface area contributed by atoms with Crippen LogP contribution >= 0.6 is 0 Å². The topological polar surface area (TPSA) is 55.3 Å². The SMILES string of the molecule is O=C(c1ccnc(Oc2ccccc2)n1)N(C1=CCCCC1)C(F)(F)F. The van der Waals surface area contributed by atoms with Gasteiger partial charge in [0.25, 0.3) is 5.91 Å². The minimum atomic E-state index is -4.83. The van der Waals surface area contributed by atoms with E-state index in [1.807, 2.05) is 0 Å². The Morgan fingerprint density at radius 1 is 1.12 bits per heavy atom. The molecule has 0 N–H and O–H groups in total. The second-order valence-corrected chi connectivity index (χ2v) is 5.69.